The van der Waals surface area contributed by atoms with Crippen molar-refractivity contribution >= 4 is 5.91 Å². The van der Waals surface area contributed by atoms with Gasteiger partial charge >= 0.3 is 0 Å². The Bertz CT molecular complexity index is 273. The van der Waals surface area contributed by atoms with Gasteiger partial charge in [-0.05, 0) is 38.0 Å². The highest BCUT2D eigenvalue weighted by Crippen LogP contribution is 2.33. The maximum absolute atomic E-state index is 12.0. The van der Waals surface area contributed by atoms with E-state index in [0.29, 0.717) is 17.8 Å². The minimum atomic E-state index is -0.237. The van der Waals surface area contributed by atoms with Crippen LogP contribution in [0.1, 0.15) is 53.9 Å². The highest BCUT2D eigenvalue weighted by Gasteiger charge is 2.33. The van der Waals surface area contributed by atoms with Crippen LogP contribution in [-0.2, 0) is 4.79 Å². The van der Waals surface area contributed by atoms with Gasteiger partial charge in [-0.15, -0.1) is 0 Å². The van der Waals surface area contributed by atoms with Gasteiger partial charge in [0.15, 0.2) is 0 Å². The third kappa shape index (κ3) is 4.66. The summed E-state index contributed by atoms with van der Waals surface area (Å²) in [6.45, 7) is 12.6. The lowest BCUT2D eigenvalue weighted by atomic mass is 9.80. The first-order valence-electron chi connectivity index (χ1n) is 6.66. The molecule has 1 aliphatic rings. The number of amides is 1. The average Bonchev–Trinajstić information content (AvgIpc) is 2.60. The van der Waals surface area contributed by atoms with Gasteiger partial charge in [0.05, 0.1) is 0 Å². The van der Waals surface area contributed by atoms with E-state index >= 15 is 0 Å². The number of likely N-dealkylation sites (tertiary alicyclic amines) is 1. The molecule has 2 N–H and O–H groups in total. The monoisotopic (exact) mass is 240 g/mol. The number of nitrogens with zero attached hydrogens (tertiary/aromatic N) is 1. The second-order valence-electron chi connectivity index (χ2n) is 7.18. The van der Waals surface area contributed by atoms with E-state index in [2.05, 4.69) is 20.8 Å². The maximum Gasteiger partial charge on any atom is 0.222 e. The molecule has 1 amide bonds. The van der Waals surface area contributed by atoms with Crippen LogP contribution in [0, 0.1) is 11.3 Å². The summed E-state index contributed by atoms with van der Waals surface area (Å²) in [5.41, 5.74) is 5.98. The lowest BCUT2D eigenvalue weighted by molar-refractivity contribution is -0.130. The van der Waals surface area contributed by atoms with E-state index in [1.165, 1.54) is 0 Å². The van der Waals surface area contributed by atoms with Crippen molar-refractivity contribution in [3.05, 3.63) is 0 Å². The summed E-state index contributed by atoms with van der Waals surface area (Å²) in [7, 11) is 0. The molecule has 1 unspecified atom stereocenters. The van der Waals surface area contributed by atoms with Crippen molar-refractivity contribution < 1.29 is 4.79 Å². The van der Waals surface area contributed by atoms with Gasteiger partial charge in [0.2, 0.25) is 5.91 Å². The molecule has 0 aromatic rings. The van der Waals surface area contributed by atoms with Crippen LogP contribution in [0.2, 0.25) is 0 Å². The number of nitrogens with two attached hydrogens (primary N) is 1. The summed E-state index contributed by atoms with van der Waals surface area (Å²) >= 11 is 0. The predicted molar refractivity (Wildman–Crippen MR) is 71.6 cm³/mol. The van der Waals surface area contributed by atoms with Gasteiger partial charge < -0.3 is 10.6 Å². The van der Waals surface area contributed by atoms with Crippen molar-refractivity contribution in [3.63, 3.8) is 0 Å². The van der Waals surface area contributed by atoms with Crippen molar-refractivity contribution in [1.82, 2.24) is 4.90 Å². The molecule has 0 aromatic heterocycles. The lowest BCUT2D eigenvalue weighted by Crippen LogP contribution is -2.36. The SMILES string of the molecule is CC(C)(N)CCC(=O)N1CCC(C(C)(C)C)C1. The Balaban J connectivity index is 2.41. The second-order valence-corrected chi connectivity index (χ2v) is 7.18. The molecule has 1 aliphatic heterocycles. The van der Waals surface area contributed by atoms with Crippen LogP contribution in [0.15, 0.2) is 0 Å². The second kappa shape index (κ2) is 4.97. The molecular weight excluding hydrogens is 212 g/mol. The van der Waals surface area contributed by atoms with Crippen LogP contribution in [0.25, 0.3) is 0 Å². The Hall–Kier alpha value is -0.570. The molecule has 0 radical (unpaired) electrons. The van der Waals surface area contributed by atoms with Crippen LogP contribution in [0.3, 0.4) is 0 Å². The zero-order chi connectivity index (χ0) is 13.3. The average molecular weight is 240 g/mol. The first-order chi connectivity index (χ1) is 7.59. The summed E-state index contributed by atoms with van der Waals surface area (Å²) in [4.78, 5) is 14.1. The highest BCUT2D eigenvalue weighted by atomic mass is 16.2. The molecule has 0 aliphatic carbocycles. The van der Waals surface area contributed by atoms with E-state index < -0.39 is 0 Å². The zero-order valence-corrected chi connectivity index (χ0v) is 12.0. The minimum absolute atomic E-state index is 0.237. The Kier molecular flexibility index (Phi) is 4.23. The molecule has 1 saturated heterocycles. The molecule has 3 heteroatoms. The van der Waals surface area contributed by atoms with Crippen molar-refractivity contribution in [1.29, 1.82) is 0 Å². The first-order valence-corrected chi connectivity index (χ1v) is 6.66. The van der Waals surface area contributed by atoms with E-state index in [4.69, 9.17) is 5.73 Å². The third-order valence-electron chi connectivity index (χ3n) is 3.75. The smallest absolute Gasteiger partial charge is 0.222 e. The number of carbonyl (C=O) groups is 1. The molecule has 1 heterocycles. The summed E-state index contributed by atoms with van der Waals surface area (Å²) in [6, 6.07) is 0. The van der Waals surface area contributed by atoms with Crippen molar-refractivity contribution in [3.8, 4) is 0 Å². The van der Waals surface area contributed by atoms with Crippen LogP contribution in [-0.4, -0.2) is 29.4 Å². The molecular formula is C14H28N2O. The molecule has 3 nitrogen and oxygen atoms in total. The van der Waals surface area contributed by atoms with Gasteiger partial charge in [0, 0.05) is 25.0 Å². The number of hydrogen-bond donors (Lipinski definition) is 1. The van der Waals surface area contributed by atoms with Gasteiger partial charge in [-0.3, -0.25) is 4.79 Å². The van der Waals surface area contributed by atoms with Crippen LogP contribution in [0.4, 0.5) is 0 Å². The maximum atomic E-state index is 12.0. The fourth-order valence-electron chi connectivity index (χ4n) is 2.28. The number of rotatable bonds is 3. The van der Waals surface area contributed by atoms with Crippen LogP contribution < -0.4 is 5.73 Å². The largest absolute Gasteiger partial charge is 0.342 e. The minimum Gasteiger partial charge on any atom is -0.342 e. The first kappa shape index (κ1) is 14.5. The summed E-state index contributed by atoms with van der Waals surface area (Å²) in [6.07, 6.45) is 2.49. The molecule has 17 heavy (non-hydrogen) atoms. The quantitative estimate of drug-likeness (QED) is 0.823. The third-order valence-corrected chi connectivity index (χ3v) is 3.75. The lowest BCUT2D eigenvalue weighted by Gasteiger charge is -2.27. The highest BCUT2D eigenvalue weighted by molar-refractivity contribution is 5.76. The Morgan fingerprint density at radius 2 is 1.88 bits per heavy atom. The summed E-state index contributed by atoms with van der Waals surface area (Å²) in [5, 5.41) is 0. The van der Waals surface area contributed by atoms with Gasteiger partial charge in [-0.1, -0.05) is 20.8 Å². The van der Waals surface area contributed by atoms with Gasteiger partial charge in [-0.25, -0.2) is 0 Å². The number of hydrogen-bond acceptors (Lipinski definition) is 2. The Morgan fingerprint density at radius 1 is 1.29 bits per heavy atom. The number of carbonyl (C=O) groups excluding carboxylic acids is 1. The fraction of sp³-hybridized carbons (Fsp3) is 0.929. The van der Waals surface area contributed by atoms with Gasteiger partial charge in [0.25, 0.3) is 0 Å². The molecule has 0 saturated carbocycles. The molecule has 0 spiro atoms. The van der Waals surface area contributed by atoms with E-state index in [-0.39, 0.29) is 11.4 Å². The molecule has 1 atom stereocenters. The molecule has 1 rings (SSSR count). The molecule has 0 bridgehead atoms. The fourth-order valence-corrected chi connectivity index (χ4v) is 2.28. The van der Waals surface area contributed by atoms with Gasteiger partial charge in [-0.2, -0.15) is 0 Å². The van der Waals surface area contributed by atoms with E-state index in [9.17, 15) is 4.79 Å². The van der Waals surface area contributed by atoms with E-state index in [1.54, 1.807) is 0 Å². The summed E-state index contributed by atoms with van der Waals surface area (Å²) in [5.74, 6) is 0.910. The van der Waals surface area contributed by atoms with Gasteiger partial charge in [0.1, 0.15) is 0 Å². The zero-order valence-electron chi connectivity index (χ0n) is 12.0. The topological polar surface area (TPSA) is 46.3 Å². The van der Waals surface area contributed by atoms with E-state index in [1.807, 2.05) is 18.7 Å². The van der Waals surface area contributed by atoms with E-state index in [0.717, 1.165) is 25.9 Å². The van der Waals surface area contributed by atoms with Crippen LogP contribution >= 0.6 is 0 Å². The normalized spacial score (nSPS) is 22.0. The molecule has 100 valence electrons. The molecule has 0 aromatic carbocycles. The molecule has 1 fully saturated rings. The predicted octanol–water partition coefficient (Wildman–Crippen LogP) is 2.40. The Labute approximate surface area is 106 Å². The summed E-state index contributed by atoms with van der Waals surface area (Å²) < 4.78 is 0. The Morgan fingerprint density at radius 3 is 2.29 bits per heavy atom. The standard InChI is InChI=1S/C14H28N2O/c1-13(2,3)11-7-9-16(10-11)12(17)6-8-14(4,5)15/h11H,6-10,15H2,1-5H3. The van der Waals surface area contributed by atoms with Crippen LogP contribution in [0.5, 0.6) is 0 Å². The van der Waals surface area contributed by atoms with Crippen molar-refractivity contribution in [2.24, 2.45) is 17.1 Å². The van der Waals surface area contributed by atoms with Crippen molar-refractivity contribution in [2.45, 2.75) is 59.4 Å². The van der Waals surface area contributed by atoms with Crippen molar-refractivity contribution in [2.75, 3.05) is 13.1 Å².